The third-order valence-electron chi connectivity index (χ3n) is 3.77. The van der Waals surface area contributed by atoms with Crippen LogP contribution in [0.15, 0.2) is 12.3 Å². The maximum Gasteiger partial charge on any atom is 0.410 e. The highest BCUT2D eigenvalue weighted by Crippen LogP contribution is 2.24. The van der Waals surface area contributed by atoms with Crippen molar-refractivity contribution in [3.05, 3.63) is 29.1 Å². The van der Waals surface area contributed by atoms with E-state index in [0.29, 0.717) is 5.92 Å². The summed E-state index contributed by atoms with van der Waals surface area (Å²) in [6, 6.07) is 2.21. The first-order valence-corrected chi connectivity index (χ1v) is 7.64. The van der Waals surface area contributed by atoms with Crippen LogP contribution in [-0.4, -0.2) is 34.7 Å². The molecular weight excluding hydrogens is 264 g/mol. The summed E-state index contributed by atoms with van der Waals surface area (Å²) in [4.78, 5) is 18.3. The Kier molecular flexibility index (Phi) is 4.55. The number of carbonyl (C=O) groups excluding carboxylic acids is 1. The molecule has 21 heavy (non-hydrogen) atoms. The number of carbonyl (C=O) groups is 1. The second-order valence-corrected chi connectivity index (χ2v) is 7.04. The second-order valence-electron chi connectivity index (χ2n) is 7.04. The van der Waals surface area contributed by atoms with E-state index in [4.69, 9.17) is 4.74 Å². The molecule has 1 atom stereocenters. The Balaban J connectivity index is 1.93. The van der Waals surface area contributed by atoms with Crippen molar-refractivity contribution < 1.29 is 9.53 Å². The zero-order chi connectivity index (χ0) is 15.6. The largest absolute Gasteiger partial charge is 0.444 e. The lowest BCUT2D eigenvalue weighted by Crippen LogP contribution is -2.35. The Labute approximate surface area is 127 Å². The van der Waals surface area contributed by atoms with Crippen LogP contribution in [-0.2, 0) is 11.2 Å². The Hall–Kier alpha value is -1.58. The summed E-state index contributed by atoms with van der Waals surface area (Å²) < 4.78 is 5.44. The van der Waals surface area contributed by atoms with Gasteiger partial charge in [0.1, 0.15) is 5.60 Å². The van der Waals surface area contributed by atoms with Crippen molar-refractivity contribution in [3.63, 3.8) is 0 Å². The molecule has 1 aliphatic heterocycles. The summed E-state index contributed by atoms with van der Waals surface area (Å²) in [7, 11) is 0. The highest BCUT2D eigenvalue weighted by atomic mass is 16.6. The Morgan fingerprint density at radius 3 is 2.81 bits per heavy atom. The van der Waals surface area contributed by atoms with Crippen molar-refractivity contribution in [1.82, 2.24) is 9.88 Å². The summed E-state index contributed by atoms with van der Waals surface area (Å²) in [5.74, 6) is 0.500. The van der Waals surface area contributed by atoms with Gasteiger partial charge in [-0.25, -0.2) is 4.79 Å². The third-order valence-corrected chi connectivity index (χ3v) is 3.77. The van der Waals surface area contributed by atoms with Gasteiger partial charge in [-0.3, -0.25) is 4.98 Å². The molecule has 0 aromatic carbocycles. The predicted octanol–water partition coefficient (Wildman–Crippen LogP) is 3.50. The number of aryl methyl sites for hydroxylation is 2. The Bertz CT molecular complexity index is 520. The van der Waals surface area contributed by atoms with E-state index < -0.39 is 5.60 Å². The van der Waals surface area contributed by atoms with Crippen LogP contribution in [0.4, 0.5) is 4.79 Å². The molecule has 0 bridgehead atoms. The molecule has 4 heteroatoms. The fourth-order valence-electron chi connectivity index (χ4n) is 2.71. The lowest BCUT2D eigenvalue weighted by atomic mass is 9.97. The second kappa shape index (κ2) is 6.04. The first-order chi connectivity index (χ1) is 9.74. The molecule has 0 saturated carbocycles. The zero-order valence-electron chi connectivity index (χ0n) is 13.8. The third kappa shape index (κ3) is 4.45. The van der Waals surface area contributed by atoms with Crippen LogP contribution in [0.2, 0.25) is 0 Å². The Morgan fingerprint density at radius 2 is 2.14 bits per heavy atom. The quantitative estimate of drug-likeness (QED) is 0.837. The topological polar surface area (TPSA) is 42.4 Å². The molecular formula is C17H26N2O2. The van der Waals surface area contributed by atoms with Gasteiger partial charge in [0.15, 0.2) is 0 Å². The minimum absolute atomic E-state index is 0.191. The highest BCUT2D eigenvalue weighted by Gasteiger charge is 2.30. The van der Waals surface area contributed by atoms with Gasteiger partial charge in [-0.15, -0.1) is 0 Å². The number of aromatic nitrogens is 1. The van der Waals surface area contributed by atoms with Crippen molar-refractivity contribution in [1.29, 1.82) is 0 Å². The van der Waals surface area contributed by atoms with Gasteiger partial charge in [-0.05, 0) is 64.5 Å². The monoisotopic (exact) mass is 290 g/mol. The van der Waals surface area contributed by atoms with Crippen molar-refractivity contribution in [2.45, 2.75) is 53.1 Å². The summed E-state index contributed by atoms with van der Waals surface area (Å²) in [5.41, 5.74) is 3.16. The van der Waals surface area contributed by atoms with Crippen molar-refractivity contribution in [2.24, 2.45) is 5.92 Å². The average molecular weight is 290 g/mol. The van der Waals surface area contributed by atoms with Gasteiger partial charge in [0.05, 0.1) is 0 Å². The Morgan fingerprint density at radius 1 is 1.43 bits per heavy atom. The van der Waals surface area contributed by atoms with E-state index in [1.54, 1.807) is 0 Å². The van der Waals surface area contributed by atoms with E-state index in [1.165, 1.54) is 11.1 Å². The van der Waals surface area contributed by atoms with E-state index in [0.717, 1.165) is 31.6 Å². The number of rotatable bonds is 2. The maximum atomic E-state index is 12.1. The molecule has 0 spiro atoms. The van der Waals surface area contributed by atoms with Gasteiger partial charge in [0.25, 0.3) is 0 Å². The van der Waals surface area contributed by atoms with Crippen molar-refractivity contribution in [2.75, 3.05) is 13.1 Å². The van der Waals surface area contributed by atoms with E-state index in [1.807, 2.05) is 31.9 Å². The van der Waals surface area contributed by atoms with E-state index in [-0.39, 0.29) is 6.09 Å². The normalized spacial score (nSPS) is 18.9. The molecule has 1 aromatic rings. The molecule has 0 N–H and O–H groups in total. The van der Waals surface area contributed by atoms with Crippen LogP contribution < -0.4 is 0 Å². The van der Waals surface area contributed by atoms with Gasteiger partial charge >= 0.3 is 6.09 Å². The zero-order valence-corrected chi connectivity index (χ0v) is 13.8. The predicted molar refractivity (Wildman–Crippen MR) is 83.3 cm³/mol. The van der Waals surface area contributed by atoms with Crippen LogP contribution in [0.5, 0.6) is 0 Å². The van der Waals surface area contributed by atoms with Crippen LogP contribution in [0.3, 0.4) is 0 Å². The highest BCUT2D eigenvalue weighted by molar-refractivity contribution is 5.68. The van der Waals surface area contributed by atoms with Crippen molar-refractivity contribution >= 4 is 6.09 Å². The molecule has 116 valence electrons. The maximum absolute atomic E-state index is 12.1. The van der Waals surface area contributed by atoms with Crippen LogP contribution >= 0.6 is 0 Å². The number of pyridine rings is 1. The smallest absolute Gasteiger partial charge is 0.410 e. The van der Waals surface area contributed by atoms with Gasteiger partial charge in [0, 0.05) is 25.0 Å². The summed E-state index contributed by atoms with van der Waals surface area (Å²) in [5, 5.41) is 0. The molecule has 1 unspecified atom stereocenters. The van der Waals surface area contributed by atoms with E-state index in [9.17, 15) is 4.79 Å². The molecule has 2 rings (SSSR count). The number of hydrogen-bond acceptors (Lipinski definition) is 3. The first-order valence-electron chi connectivity index (χ1n) is 7.64. The number of likely N-dealkylation sites (tertiary alicyclic amines) is 1. The molecule has 1 aliphatic rings. The van der Waals surface area contributed by atoms with Crippen LogP contribution in [0, 0.1) is 19.8 Å². The van der Waals surface area contributed by atoms with Gasteiger partial charge in [-0.2, -0.15) is 0 Å². The van der Waals surface area contributed by atoms with E-state index >= 15 is 0 Å². The molecule has 2 heterocycles. The standard InChI is InChI=1S/C17H26N2O2/c1-12-8-15(13(2)18-10-12)9-14-6-7-19(11-14)16(20)21-17(3,4)5/h8,10,14H,6-7,9,11H2,1-5H3. The molecule has 1 aromatic heterocycles. The molecule has 1 fully saturated rings. The van der Waals surface area contributed by atoms with Gasteiger partial charge in [0.2, 0.25) is 0 Å². The van der Waals surface area contributed by atoms with Crippen molar-refractivity contribution in [3.8, 4) is 0 Å². The van der Waals surface area contributed by atoms with Gasteiger partial charge in [-0.1, -0.05) is 6.07 Å². The number of amides is 1. The number of ether oxygens (including phenoxy) is 1. The van der Waals surface area contributed by atoms with Gasteiger partial charge < -0.3 is 9.64 Å². The summed E-state index contributed by atoms with van der Waals surface area (Å²) in [6.07, 6.45) is 3.73. The molecule has 1 amide bonds. The minimum Gasteiger partial charge on any atom is -0.444 e. The SMILES string of the molecule is Cc1cnc(C)c(CC2CCN(C(=O)OC(C)(C)C)C2)c1. The minimum atomic E-state index is -0.424. The molecule has 0 aliphatic carbocycles. The first kappa shape index (κ1) is 15.8. The van der Waals surface area contributed by atoms with E-state index in [2.05, 4.69) is 24.9 Å². The summed E-state index contributed by atoms with van der Waals surface area (Å²) in [6.45, 7) is 11.4. The van der Waals surface area contributed by atoms with Crippen LogP contribution in [0.1, 0.15) is 44.0 Å². The number of nitrogens with zero attached hydrogens (tertiary/aromatic N) is 2. The molecule has 1 saturated heterocycles. The number of hydrogen-bond donors (Lipinski definition) is 0. The average Bonchev–Trinajstić information content (AvgIpc) is 2.80. The van der Waals surface area contributed by atoms with Crippen LogP contribution in [0.25, 0.3) is 0 Å². The molecule has 0 radical (unpaired) electrons. The molecule has 4 nitrogen and oxygen atoms in total. The fraction of sp³-hybridized carbons (Fsp3) is 0.647. The summed E-state index contributed by atoms with van der Waals surface area (Å²) >= 11 is 0. The lowest BCUT2D eigenvalue weighted by molar-refractivity contribution is 0.0288. The fourth-order valence-corrected chi connectivity index (χ4v) is 2.71. The lowest BCUT2D eigenvalue weighted by Gasteiger charge is -2.24.